The van der Waals surface area contributed by atoms with Crippen LogP contribution >= 0.6 is 0 Å². The number of methoxy groups -OCH3 is 2. The van der Waals surface area contributed by atoms with E-state index in [1.807, 2.05) is 13.0 Å². The Kier molecular flexibility index (Phi) is 10.1. The first-order valence-electron chi connectivity index (χ1n) is 16.4. The molecule has 2 aliphatic rings. The van der Waals surface area contributed by atoms with Gasteiger partial charge in [-0.25, -0.2) is 9.97 Å². The van der Waals surface area contributed by atoms with Gasteiger partial charge in [-0.05, 0) is 122 Å². The molecule has 8 bridgehead atoms. The molecule has 5 heterocycles. The van der Waals surface area contributed by atoms with Crippen molar-refractivity contribution >= 4 is 62.4 Å². The lowest BCUT2D eigenvalue weighted by Gasteiger charge is -2.07. The zero-order valence-electron chi connectivity index (χ0n) is 29.1. The van der Waals surface area contributed by atoms with E-state index in [0.29, 0.717) is 24.2 Å². The number of fused-ring (bicyclic) bond motifs is 8. The highest BCUT2D eigenvalue weighted by Crippen LogP contribution is 2.40. The molecule has 0 atom stereocenters. The topological polar surface area (TPSA) is 134 Å². The lowest BCUT2D eigenvalue weighted by Crippen LogP contribution is -2.02. The van der Waals surface area contributed by atoms with Crippen LogP contribution in [0.25, 0.3) is 50.4 Å². The number of hydrogen-bond acceptors (Lipinski definition) is 7. The van der Waals surface area contributed by atoms with Crippen LogP contribution in [0.5, 0.6) is 0 Å². The molecule has 48 heavy (non-hydrogen) atoms. The fourth-order valence-electron chi connectivity index (χ4n) is 6.84. The first kappa shape index (κ1) is 34.1. The number of nitriles is 1. The van der Waals surface area contributed by atoms with Gasteiger partial charge in [0.25, 0.3) is 0 Å². The van der Waals surface area contributed by atoms with Gasteiger partial charge in [0.05, 0.1) is 43.1 Å². The van der Waals surface area contributed by atoms with Crippen LogP contribution in [-0.4, -0.2) is 46.1 Å². The van der Waals surface area contributed by atoms with Gasteiger partial charge in [0.1, 0.15) is 0 Å². The van der Waals surface area contributed by atoms with Gasteiger partial charge in [-0.1, -0.05) is 13.8 Å². The molecule has 0 unspecified atom stereocenters. The molecule has 0 fully saturated rings. The predicted octanol–water partition coefficient (Wildman–Crippen LogP) is 8.36. The summed E-state index contributed by atoms with van der Waals surface area (Å²) in [6.45, 7) is 12.6. The van der Waals surface area contributed by atoms with Crippen molar-refractivity contribution in [1.29, 1.82) is 5.26 Å². The monoisotopic (exact) mass is 645 g/mol. The average Bonchev–Trinajstić information content (AvgIpc) is 3.75. The number of nitrogens with one attached hydrogen (secondary N) is 2. The maximum absolute atomic E-state index is 12.3. The van der Waals surface area contributed by atoms with Crippen LogP contribution in [0.3, 0.4) is 0 Å². The van der Waals surface area contributed by atoms with E-state index < -0.39 is 0 Å². The summed E-state index contributed by atoms with van der Waals surface area (Å²) in [4.78, 5) is 42.3. The van der Waals surface area contributed by atoms with Crippen LogP contribution in [0.4, 0.5) is 0 Å². The van der Waals surface area contributed by atoms with E-state index in [2.05, 4.69) is 62.8 Å². The van der Waals surface area contributed by atoms with Crippen LogP contribution in [0, 0.1) is 25.2 Å². The quantitative estimate of drug-likeness (QED) is 0.176. The molecule has 9 heteroatoms. The van der Waals surface area contributed by atoms with Crippen molar-refractivity contribution in [1.82, 2.24) is 19.9 Å². The summed E-state index contributed by atoms with van der Waals surface area (Å²) in [5.74, 6) is -0.594. The van der Waals surface area contributed by atoms with Crippen LogP contribution in [0.2, 0.25) is 0 Å². The van der Waals surface area contributed by atoms with Crippen molar-refractivity contribution < 1.29 is 19.1 Å². The van der Waals surface area contributed by atoms with Gasteiger partial charge in [-0.3, -0.25) is 9.59 Å². The third-order valence-corrected chi connectivity index (χ3v) is 9.61. The average molecular weight is 646 g/mol. The first-order chi connectivity index (χ1) is 23.1. The van der Waals surface area contributed by atoms with Crippen LogP contribution in [0.1, 0.15) is 104 Å². The maximum Gasteiger partial charge on any atom is 0.305 e. The van der Waals surface area contributed by atoms with Gasteiger partial charge in [-0.15, -0.1) is 0 Å². The lowest BCUT2D eigenvalue weighted by molar-refractivity contribution is -0.141. The number of allylic oxidation sites excluding steroid dienone is 5. The van der Waals surface area contributed by atoms with Gasteiger partial charge in [0.2, 0.25) is 0 Å². The number of nitrogens with zero attached hydrogens (tertiary/aromatic N) is 3. The molecule has 0 aliphatic carbocycles. The minimum atomic E-state index is -0.310. The number of aromatic amines is 2. The molecule has 5 rings (SSSR count). The van der Waals surface area contributed by atoms with Crippen LogP contribution in [0.15, 0.2) is 24.3 Å². The van der Waals surface area contributed by atoms with Gasteiger partial charge >= 0.3 is 11.9 Å². The summed E-state index contributed by atoms with van der Waals surface area (Å²) in [7, 11) is 2.79. The van der Waals surface area contributed by atoms with Gasteiger partial charge in [-0.2, -0.15) is 5.26 Å². The van der Waals surface area contributed by atoms with Gasteiger partial charge in [0.15, 0.2) is 0 Å². The second kappa shape index (κ2) is 14.3. The molecular weight excluding hydrogens is 602 g/mol. The van der Waals surface area contributed by atoms with E-state index in [9.17, 15) is 14.9 Å². The van der Waals surface area contributed by atoms with Crippen molar-refractivity contribution in [2.75, 3.05) is 14.2 Å². The Labute approximate surface area is 281 Å². The van der Waals surface area contributed by atoms with Crippen molar-refractivity contribution in [3.05, 3.63) is 74.9 Å². The molecule has 0 radical (unpaired) electrons. The Morgan fingerprint density at radius 1 is 0.750 bits per heavy atom. The predicted molar refractivity (Wildman–Crippen MR) is 191 cm³/mol. The summed E-state index contributed by atoms with van der Waals surface area (Å²) in [6.07, 6.45) is 6.15. The van der Waals surface area contributed by atoms with E-state index in [1.54, 1.807) is 6.08 Å². The fourth-order valence-corrected chi connectivity index (χ4v) is 6.84. The van der Waals surface area contributed by atoms with E-state index in [0.717, 1.165) is 90.8 Å². The highest BCUT2D eigenvalue weighted by Gasteiger charge is 2.25. The standard InChI is InChI=1S/C39H43N5O4/c1-9-25-21(3)30-18-31-23(5)27(13-15-36(45)47-7)34(42-31)20-35-28(14-16-37(46)48-8)24(6)38(44-35)29(12-11-17-40)39-26(10-2)22(4)32(43-39)19-33(25)41-30/h11-12,18-20,41-42H,9-10,13-16H2,1-8H3/b12-11+,30-18?,31-18?,32-19?,33-19?,34-20?,35-20?,38-29?,39-29?. The lowest BCUT2D eigenvalue weighted by atomic mass is 9.95. The van der Waals surface area contributed by atoms with Gasteiger partial charge in [0, 0.05) is 46.5 Å². The molecule has 9 nitrogen and oxygen atoms in total. The first-order valence-corrected chi connectivity index (χ1v) is 16.4. The molecule has 0 amide bonds. The molecule has 3 aromatic heterocycles. The molecular formula is C39H43N5O4. The van der Waals surface area contributed by atoms with E-state index >= 15 is 0 Å². The Bertz CT molecular complexity index is 2120. The molecule has 2 N–H and O–H groups in total. The minimum Gasteiger partial charge on any atom is -0.469 e. The number of H-pyrrole nitrogens is 2. The van der Waals surface area contributed by atoms with Crippen molar-refractivity contribution in [3.63, 3.8) is 0 Å². The third-order valence-electron chi connectivity index (χ3n) is 9.61. The largest absolute Gasteiger partial charge is 0.469 e. The molecule has 2 aliphatic heterocycles. The molecule has 0 saturated heterocycles. The third kappa shape index (κ3) is 6.35. The molecule has 248 valence electrons. The van der Waals surface area contributed by atoms with Crippen molar-refractivity contribution in [2.45, 2.75) is 80.1 Å². The summed E-state index contributed by atoms with van der Waals surface area (Å²) < 4.78 is 9.96. The fraction of sp³-hybridized carbons (Fsp3) is 0.359. The van der Waals surface area contributed by atoms with Crippen LogP contribution in [-0.2, 0) is 31.9 Å². The zero-order valence-corrected chi connectivity index (χ0v) is 29.1. The summed E-state index contributed by atoms with van der Waals surface area (Å²) in [5, 5.41) is 9.62. The smallest absolute Gasteiger partial charge is 0.305 e. The molecule has 0 aromatic carbocycles. The normalized spacial score (nSPS) is 13.0. The number of rotatable bonds is 9. The van der Waals surface area contributed by atoms with Crippen molar-refractivity contribution in [2.24, 2.45) is 0 Å². The highest BCUT2D eigenvalue weighted by atomic mass is 16.5. The number of hydrogen-bond donors (Lipinski definition) is 2. The summed E-state index contributed by atoms with van der Waals surface area (Å²) in [5.41, 5.74) is 16.0. The zero-order chi connectivity index (χ0) is 34.7. The minimum absolute atomic E-state index is 0.186. The van der Waals surface area contributed by atoms with Crippen molar-refractivity contribution in [3.8, 4) is 6.07 Å². The SMILES string of the molecule is CCC1=C(C)c2cc3[nH]c(cc4[nH]c(cc5nc(c(/C=C/C#N)c1n2)C(C)=C5CCC(=O)OC)c(CCC(=O)OC)c4C)c(C)c3CC. The number of ether oxygens (including phenoxy) is 2. The van der Waals surface area contributed by atoms with Crippen LogP contribution < -0.4 is 0 Å². The number of carbonyl (C=O) groups excluding carboxylic acids is 2. The van der Waals surface area contributed by atoms with E-state index in [4.69, 9.17) is 19.4 Å². The summed E-state index contributed by atoms with van der Waals surface area (Å²) in [6, 6.07) is 8.41. The second-order valence-electron chi connectivity index (χ2n) is 12.2. The molecule has 0 saturated carbocycles. The Hall–Kier alpha value is -5.23. The second-order valence-corrected chi connectivity index (χ2v) is 12.2. The van der Waals surface area contributed by atoms with E-state index in [-0.39, 0.29) is 24.8 Å². The van der Waals surface area contributed by atoms with Gasteiger partial charge < -0.3 is 19.4 Å². The Morgan fingerprint density at radius 2 is 1.33 bits per heavy atom. The molecule has 3 aromatic rings. The Balaban J connectivity index is 2.00. The number of carbonyl (C=O) groups is 2. The number of esters is 2. The highest BCUT2D eigenvalue weighted by molar-refractivity contribution is 5.99. The van der Waals surface area contributed by atoms with E-state index in [1.165, 1.54) is 25.9 Å². The molecule has 0 spiro atoms. The summed E-state index contributed by atoms with van der Waals surface area (Å²) >= 11 is 0. The number of aromatic nitrogens is 4. The Morgan fingerprint density at radius 3 is 1.94 bits per heavy atom. The number of aryl methyl sites for hydroxylation is 4. The maximum atomic E-state index is 12.3.